The Morgan fingerprint density at radius 3 is 1.89 bits per heavy atom. The summed E-state index contributed by atoms with van der Waals surface area (Å²) >= 11 is 1.36. The van der Waals surface area contributed by atoms with Gasteiger partial charge in [-0.25, -0.2) is 8.42 Å². The average Bonchev–Trinajstić information content (AvgIpc) is 2.76. The Kier molecular flexibility index (Phi) is 26.3. The molecule has 0 saturated heterocycles. The van der Waals surface area contributed by atoms with Gasteiger partial charge in [0.15, 0.2) is 0 Å². The molecular formula is C27H51N2NaO5S2. The van der Waals surface area contributed by atoms with Gasteiger partial charge in [0.2, 0.25) is 11.8 Å². The number of hydrogen-bond acceptors (Lipinski definition) is 6. The first kappa shape index (κ1) is 39.1. The van der Waals surface area contributed by atoms with E-state index in [-0.39, 0.29) is 53.5 Å². The first-order valence-corrected chi connectivity index (χ1v) is 16.5. The van der Waals surface area contributed by atoms with Crippen LogP contribution >= 0.6 is 11.8 Å². The van der Waals surface area contributed by atoms with E-state index in [1.807, 2.05) is 0 Å². The van der Waals surface area contributed by atoms with Crippen molar-refractivity contribution in [1.29, 1.82) is 0 Å². The number of nitrogens with one attached hydrogen (secondary N) is 2. The van der Waals surface area contributed by atoms with Crippen LogP contribution in [-0.4, -0.2) is 54.1 Å². The van der Waals surface area contributed by atoms with E-state index in [9.17, 15) is 22.6 Å². The van der Waals surface area contributed by atoms with E-state index >= 15 is 0 Å². The summed E-state index contributed by atoms with van der Waals surface area (Å²) in [4.78, 5) is 23.8. The molecule has 2 N–H and O–H groups in total. The van der Waals surface area contributed by atoms with Gasteiger partial charge in [-0.1, -0.05) is 76.9 Å². The van der Waals surface area contributed by atoms with Crippen LogP contribution in [0, 0.1) is 0 Å². The van der Waals surface area contributed by atoms with Gasteiger partial charge in [0.25, 0.3) is 0 Å². The zero-order valence-electron chi connectivity index (χ0n) is 23.9. The van der Waals surface area contributed by atoms with Crippen molar-refractivity contribution >= 4 is 33.7 Å². The Morgan fingerprint density at radius 2 is 1.35 bits per heavy atom. The molecule has 0 aliphatic rings. The van der Waals surface area contributed by atoms with Crippen molar-refractivity contribution in [2.75, 3.05) is 23.8 Å². The fourth-order valence-corrected chi connectivity index (χ4v) is 5.62. The van der Waals surface area contributed by atoms with Crippen LogP contribution in [0.4, 0.5) is 0 Å². The summed E-state index contributed by atoms with van der Waals surface area (Å²) in [5, 5.41) is 5.47. The molecule has 10 heteroatoms. The van der Waals surface area contributed by atoms with Gasteiger partial charge in [-0.2, -0.15) is 11.8 Å². The van der Waals surface area contributed by atoms with Crippen molar-refractivity contribution in [2.45, 2.75) is 123 Å². The minimum absolute atomic E-state index is 0. The minimum Gasteiger partial charge on any atom is -0.748 e. The second-order valence-corrected chi connectivity index (χ2v) is 12.7. The van der Waals surface area contributed by atoms with Gasteiger partial charge >= 0.3 is 29.6 Å². The van der Waals surface area contributed by atoms with E-state index in [0.717, 1.165) is 12.8 Å². The molecule has 0 aromatic rings. The van der Waals surface area contributed by atoms with Crippen LogP contribution in [0.2, 0.25) is 0 Å². The molecule has 2 amide bonds. The molecule has 0 aliphatic heterocycles. The van der Waals surface area contributed by atoms with Gasteiger partial charge in [0, 0.05) is 24.3 Å². The predicted molar refractivity (Wildman–Crippen MR) is 151 cm³/mol. The SMILES string of the molecule is CCCCCCCC/C=C/CCCCCCCCNC(=O)CSCCC(=O)NC(C)(C)CS(=O)(=O)[O-].[Na+]. The summed E-state index contributed by atoms with van der Waals surface area (Å²) in [6.07, 6.45) is 22.5. The second-order valence-electron chi connectivity index (χ2n) is 10.2. The number of carbonyl (C=O) groups is 2. The van der Waals surface area contributed by atoms with E-state index in [1.165, 1.54) is 103 Å². The summed E-state index contributed by atoms with van der Waals surface area (Å²) in [7, 11) is -4.42. The maximum atomic E-state index is 11.9. The number of thioether (sulfide) groups is 1. The summed E-state index contributed by atoms with van der Waals surface area (Å²) in [5.41, 5.74) is -1.11. The van der Waals surface area contributed by atoms with Crippen molar-refractivity contribution in [3.05, 3.63) is 12.2 Å². The Bertz CT molecular complexity index is 716. The number of hydrogen-bond donors (Lipinski definition) is 2. The van der Waals surface area contributed by atoms with Gasteiger partial charge in [0.05, 0.1) is 21.6 Å². The van der Waals surface area contributed by atoms with Crippen LogP contribution in [0.1, 0.15) is 117 Å². The standard InChI is InChI=1S/C27H52N2O5S2.Na/c1-4-5-6-7-8-9-10-11-12-13-14-15-16-17-18-19-21-28-26(31)23-35-22-20-25(30)29-27(2,3)24-36(32,33)34;/h11-12H,4-10,13-24H2,1-3H3,(H,28,31)(H,29,30)(H,32,33,34);/q;+1/p-1/b12-11+;. The van der Waals surface area contributed by atoms with Crippen molar-refractivity contribution in [3.63, 3.8) is 0 Å². The molecule has 0 heterocycles. The largest absolute Gasteiger partial charge is 1.00 e. The first-order chi connectivity index (χ1) is 17.1. The van der Waals surface area contributed by atoms with Crippen LogP contribution in [0.3, 0.4) is 0 Å². The number of unbranched alkanes of at least 4 members (excludes halogenated alkanes) is 12. The van der Waals surface area contributed by atoms with Crippen molar-refractivity contribution in [1.82, 2.24) is 10.6 Å². The fraction of sp³-hybridized carbons (Fsp3) is 0.852. The van der Waals surface area contributed by atoms with Crippen molar-refractivity contribution < 1.29 is 52.1 Å². The number of amides is 2. The predicted octanol–water partition coefficient (Wildman–Crippen LogP) is 2.71. The Labute approximate surface area is 253 Å². The summed E-state index contributed by atoms with van der Waals surface area (Å²) in [6, 6.07) is 0. The molecule has 0 aromatic heterocycles. The maximum absolute atomic E-state index is 11.9. The third-order valence-corrected chi connectivity index (χ3v) is 7.77. The summed E-state index contributed by atoms with van der Waals surface area (Å²) in [5.74, 6) is -0.282. The van der Waals surface area contributed by atoms with Crippen molar-refractivity contribution in [3.8, 4) is 0 Å². The van der Waals surface area contributed by atoms with Crippen LogP contribution in [0.15, 0.2) is 12.2 Å². The zero-order chi connectivity index (χ0) is 27.1. The van der Waals surface area contributed by atoms with Crippen LogP contribution in [0.5, 0.6) is 0 Å². The van der Waals surface area contributed by atoms with Gasteiger partial charge < -0.3 is 15.2 Å². The molecule has 0 unspecified atom stereocenters. The first-order valence-electron chi connectivity index (χ1n) is 13.8. The molecule has 0 radical (unpaired) electrons. The second kappa shape index (κ2) is 24.9. The fourth-order valence-electron chi connectivity index (χ4n) is 3.90. The monoisotopic (exact) mass is 570 g/mol. The topological polar surface area (TPSA) is 115 Å². The number of carbonyl (C=O) groups excluding carboxylic acids is 2. The van der Waals surface area contributed by atoms with Gasteiger partial charge in [-0.15, -0.1) is 0 Å². The maximum Gasteiger partial charge on any atom is 1.00 e. The molecular weight excluding hydrogens is 519 g/mol. The molecule has 0 atom stereocenters. The van der Waals surface area contributed by atoms with E-state index < -0.39 is 21.4 Å². The van der Waals surface area contributed by atoms with E-state index in [4.69, 9.17) is 0 Å². The smallest absolute Gasteiger partial charge is 0.748 e. The molecule has 0 saturated carbocycles. The number of allylic oxidation sites excluding steroid dienone is 2. The molecule has 0 aliphatic carbocycles. The molecule has 0 aromatic carbocycles. The average molecular weight is 571 g/mol. The van der Waals surface area contributed by atoms with Gasteiger partial charge in [0.1, 0.15) is 0 Å². The Morgan fingerprint density at radius 1 is 0.838 bits per heavy atom. The normalized spacial score (nSPS) is 11.9. The summed E-state index contributed by atoms with van der Waals surface area (Å²) in [6.45, 7) is 5.93. The van der Waals surface area contributed by atoms with Crippen LogP contribution in [-0.2, 0) is 19.7 Å². The third-order valence-electron chi connectivity index (χ3n) is 5.73. The van der Waals surface area contributed by atoms with Crippen molar-refractivity contribution in [2.24, 2.45) is 0 Å². The zero-order valence-corrected chi connectivity index (χ0v) is 27.6. The molecule has 7 nitrogen and oxygen atoms in total. The Balaban J connectivity index is 0. The van der Waals surface area contributed by atoms with Crippen LogP contribution < -0.4 is 40.2 Å². The molecule has 0 rings (SSSR count). The number of rotatable bonds is 24. The van der Waals surface area contributed by atoms with E-state index in [2.05, 4.69) is 29.7 Å². The van der Waals surface area contributed by atoms with E-state index in [0.29, 0.717) is 12.3 Å². The molecule has 37 heavy (non-hydrogen) atoms. The van der Waals surface area contributed by atoms with Gasteiger partial charge in [-0.05, 0) is 46.0 Å². The van der Waals surface area contributed by atoms with E-state index in [1.54, 1.807) is 0 Å². The molecule has 0 fully saturated rings. The van der Waals surface area contributed by atoms with Crippen LogP contribution in [0.25, 0.3) is 0 Å². The minimum atomic E-state index is -4.42. The molecule has 0 spiro atoms. The third kappa shape index (κ3) is 30.3. The summed E-state index contributed by atoms with van der Waals surface area (Å²) < 4.78 is 32.6. The van der Waals surface area contributed by atoms with Gasteiger partial charge in [-0.3, -0.25) is 9.59 Å². The quantitative estimate of drug-likeness (QED) is 0.0798. The Hall–Kier alpha value is -0.0600. The molecule has 0 bridgehead atoms. The molecule has 212 valence electrons.